The highest BCUT2D eigenvalue weighted by atomic mass is 19.3. The minimum absolute atomic E-state index is 0.0818. The van der Waals surface area contributed by atoms with Gasteiger partial charge in [-0.3, -0.25) is 9.97 Å². The van der Waals surface area contributed by atoms with Crippen molar-refractivity contribution in [1.82, 2.24) is 25.0 Å². The Morgan fingerprint density at radius 1 is 0.953 bits per heavy atom. The van der Waals surface area contributed by atoms with Crippen LogP contribution in [0.4, 0.5) is 20.2 Å². The predicted octanol–water partition coefficient (Wildman–Crippen LogP) is 6.78. The maximum Gasteiger partial charge on any atom is 0.262 e. The first-order valence-electron chi connectivity index (χ1n) is 13.7. The van der Waals surface area contributed by atoms with E-state index in [4.69, 9.17) is 0 Å². The number of aromatic nitrogens is 5. The van der Waals surface area contributed by atoms with Crippen LogP contribution in [0.1, 0.15) is 63.0 Å². The van der Waals surface area contributed by atoms with Crippen molar-refractivity contribution in [2.24, 2.45) is 5.41 Å². The molecule has 0 spiro atoms. The fourth-order valence-electron chi connectivity index (χ4n) is 4.75. The second-order valence-corrected chi connectivity index (χ2v) is 12.1. The first kappa shape index (κ1) is 29.3. The number of fused-ring (bicyclic) bond motifs is 2. The summed E-state index contributed by atoms with van der Waals surface area (Å²) in [6, 6.07) is 16.7. The Morgan fingerprint density at radius 3 is 2.42 bits per heavy atom. The van der Waals surface area contributed by atoms with Gasteiger partial charge in [0.1, 0.15) is 23.4 Å². The third-order valence-electron chi connectivity index (χ3n) is 7.24. The summed E-state index contributed by atoms with van der Waals surface area (Å²) in [4.78, 5) is 8.91. The molecule has 5 aromatic rings. The first-order valence-corrected chi connectivity index (χ1v) is 13.7. The lowest BCUT2D eigenvalue weighted by molar-refractivity contribution is 0.0191. The van der Waals surface area contributed by atoms with Crippen molar-refractivity contribution in [3.63, 3.8) is 0 Å². The Balaban J connectivity index is 1.69. The molecule has 1 atom stereocenters. The molecule has 43 heavy (non-hydrogen) atoms. The molecule has 5 rings (SSSR count). The van der Waals surface area contributed by atoms with Gasteiger partial charge >= 0.3 is 0 Å². The van der Waals surface area contributed by atoms with Crippen molar-refractivity contribution in [2.75, 3.05) is 17.2 Å². The lowest BCUT2D eigenvalue weighted by Gasteiger charge is -2.24. The van der Waals surface area contributed by atoms with Gasteiger partial charge in [0.25, 0.3) is 6.43 Å². The standard InChI is InChI=1S/C32H31F2N9/c1-31(2,3)18-39-28-20(15-36)16-38-27-19(14-35)12-21(13-24(27)28)40-29(23-8-6-10-25-22(23)9-7-11-37-25)26-17-43(42-41-26)32(4,5)30(33)34/h6-13,16-17,29-30,40H,18H2,1-5H3,(H,38,39). The summed E-state index contributed by atoms with van der Waals surface area (Å²) < 4.78 is 28.9. The number of alkyl halides is 2. The Labute approximate surface area is 248 Å². The molecular formula is C32H31F2N9. The van der Waals surface area contributed by atoms with Gasteiger partial charge in [0.05, 0.1) is 40.1 Å². The number of hydrogen-bond acceptors (Lipinski definition) is 8. The van der Waals surface area contributed by atoms with Gasteiger partial charge in [0.15, 0.2) is 0 Å². The number of pyridine rings is 2. The topological polar surface area (TPSA) is 128 Å². The van der Waals surface area contributed by atoms with Crippen molar-refractivity contribution < 1.29 is 8.78 Å². The van der Waals surface area contributed by atoms with Crippen LogP contribution >= 0.6 is 0 Å². The lowest BCUT2D eigenvalue weighted by atomic mass is 9.96. The molecule has 0 aliphatic carbocycles. The van der Waals surface area contributed by atoms with Crippen LogP contribution in [0.2, 0.25) is 0 Å². The molecule has 9 nitrogen and oxygen atoms in total. The van der Waals surface area contributed by atoms with Gasteiger partial charge < -0.3 is 10.6 Å². The fourth-order valence-corrected chi connectivity index (χ4v) is 4.75. The minimum atomic E-state index is -2.67. The molecule has 0 radical (unpaired) electrons. The molecule has 0 bridgehead atoms. The maximum absolute atomic E-state index is 13.9. The monoisotopic (exact) mass is 579 g/mol. The quantitative estimate of drug-likeness (QED) is 0.206. The molecular weight excluding hydrogens is 548 g/mol. The van der Waals surface area contributed by atoms with Crippen molar-refractivity contribution >= 4 is 33.2 Å². The molecule has 2 N–H and O–H groups in total. The molecule has 0 fully saturated rings. The van der Waals surface area contributed by atoms with Gasteiger partial charge in [-0.1, -0.05) is 44.2 Å². The van der Waals surface area contributed by atoms with Crippen LogP contribution in [0, 0.1) is 28.1 Å². The third-order valence-corrected chi connectivity index (χ3v) is 7.24. The van der Waals surface area contributed by atoms with Crippen molar-refractivity contribution in [1.29, 1.82) is 10.5 Å². The van der Waals surface area contributed by atoms with E-state index in [2.05, 4.69) is 63.8 Å². The van der Waals surface area contributed by atoms with Crippen LogP contribution in [0.15, 0.2) is 61.1 Å². The summed E-state index contributed by atoms with van der Waals surface area (Å²) in [6.07, 6.45) is 2.01. The third kappa shape index (κ3) is 5.80. The molecule has 0 saturated heterocycles. The zero-order valence-electron chi connectivity index (χ0n) is 24.5. The molecule has 0 aliphatic rings. The van der Waals surface area contributed by atoms with Gasteiger partial charge in [0, 0.05) is 35.4 Å². The number of nitrogens with one attached hydrogen (secondary N) is 2. The fraction of sp³-hybridized carbons (Fsp3) is 0.312. The molecule has 0 aliphatic heterocycles. The van der Waals surface area contributed by atoms with Crippen LogP contribution in [-0.4, -0.2) is 37.9 Å². The van der Waals surface area contributed by atoms with E-state index in [1.165, 1.54) is 30.9 Å². The number of nitrogens with zero attached hydrogens (tertiary/aromatic N) is 7. The second kappa shape index (κ2) is 11.3. The van der Waals surface area contributed by atoms with Crippen molar-refractivity contribution in [3.05, 3.63) is 83.4 Å². The molecule has 2 aromatic carbocycles. The van der Waals surface area contributed by atoms with Crippen molar-refractivity contribution in [3.8, 4) is 12.1 Å². The molecule has 3 heterocycles. The number of nitriles is 2. The number of anilines is 2. The summed E-state index contributed by atoms with van der Waals surface area (Å²) in [5, 5.41) is 36.6. The summed E-state index contributed by atoms with van der Waals surface area (Å²) >= 11 is 0. The molecule has 218 valence electrons. The van der Waals surface area contributed by atoms with Gasteiger partial charge in [-0.2, -0.15) is 10.5 Å². The van der Waals surface area contributed by atoms with Gasteiger partial charge in [-0.25, -0.2) is 13.5 Å². The van der Waals surface area contributed by atoms with Crippen LogP contribution in [0.3, 0.4) is 0 Å². The average molecular weight is 580 g/mol. The van der Waals surface area contributed by atoms with E-state index in [0.29, 0.717) is 45.6 Å². The number of benzene rings is 2. The Kier molecular flexibility index (Phi) is 7.68. The normalized spacial score (nSPS) is 12.7. The van der Waals surface area contributed by atoms with E-state index >= 15 is 0 Å². The smallest absolute Gasteiger partial charge is 0.262 e. The predicted molar refractivity (Wildman–Crippen MR) is 162 cm³/mol. The molecule has 0 saturated carbocycles. The number of hydrogen-bond donors (Lipinski definition) is 2. The van der Waals surface area contributed by atoms with Crippen molar-refractivity contribution in [2.45, 2.75) is 52.6 Å². The molecule has 1 unspecified atom stereocenters. The summed E-state index contributed by atoms with van der Waals surface area (Å²) in [6.45, 7) is 9.61. The zero-order chi connectivity index (χ0) is 30.9. The van der Waals surface area contributed by atoms with Crippen LogP contribution in [-0.2, 0) is 5.54 Å². The van der Waals surface area contributed by atoms with E-state index in [1.54, 1.807) is 12.3 Å². The number of halogens is 2. The van der Waals surface area contributed by atoms with E-state index in [1.807, 2.05) is 36.4 Å². The van der Waals surface area contributed by atoms with E-state index in [9.17, 15) is 19.3 Å². The average Bonchev–Trinajstić information content (AvgIpc) is 3.48. The molecule has 0 amide bonds. The summed E-state index contributed by atoms with van der Waals surface area (Å²) in [5.41, 5.74) is 2.53. The SMILES string of the molecule is CC(C)(C)CNc1c(C#N)cnc2c(C#N)cc(NC(c3cn(C(C)(C)C(F)F)nn3)c3cccc4ncccc34)cc12. The van der Waals surface area contributed by atoms with Gasteiger partial charge in [-0.05, 0) is 49.1 Å². The maximum atomic E-state index is 13.9. The summed E-state index contributed by atoms with van der Waals surface area (Å²) in [5.74, 6) is 0. The van der Waals surface area contributed by atoms with Gasteiger partial charge in [-0.15, -0.1) is 5.10 Å². The summed E-state index contributed by atoms with van der Waals surface area (Å²) in [7, 11) is 0. The Morgan fingerprint density at radius 2 is 1.72 bits per heavy atom. The number of rotatable bonds is 8. The first-order chi connectivity index (χ1) is 20.4. The Bertz CT molecular complexity index is 1890. The van der Waals surface area contributed by atoms with E-state index in [0.717, 1.165) is 16.5 Å². The molecule has 3 aromatic heterocycles. The minimum Gasteiger partial charge on any atom is -0.383 e. The van der Waals surface area contributed by atoms with Crippen LogP contribution < -0.4 is 10.6 Å². The second-order valence-electron chi connectivity index (χ2n) is 12.1. The van der Waals surface area contributed by atoms with E-state index in [-0.39, 0.29) is 5.41 Å². The zero-order valence-corrected chi connectivity index (χ0v) is 24.5. The van der Waals surface area contributed by atoms with Gasteiger partial charge in [0.2, 0.25) is 0 Å². The highest BCUT2D eigenvalue weighted by molar-refractivity contribution is 5.99. The van der Waals surface area contributed by atoms with E-state index < -0.39 is 18.0 Å². The lowest BCUT2D eigenvalue weighted by Crippen LogP contribution is -2.34. The highest BCUT2D eigenvalue weighted by Gasteiger charge is 2.34. The molecule has 11 heteroatoms. The van der Waals surface area contributed by atoms with Crippen LogP contribution in [0.25, 0.3) is 21.8 Å². The van der Waals surface area contributed by atoms with Crippen LogP contribution in [0.5, 0.6) is 0 Å². The highest BCUT2D eigenvalue weighted by Crippen LogP contribution is 2.36. The Hall–Kier alpha value is -5.16. The largest absolute Gasteiger partial charge is 0.383 e.